The zero-order valence-electron chi connectivity index (χ0n) is 10.5. The van der Waals surface area contributed by atoms with Gasteiger partial charge in [0.05, 0.1) is 0 Å². The van der Waals surface area contributed by atoms with Gasteiger partial charge in [0.2, 0.25) is 0 Å². The summed E-state index contributed by atoms with van der Waals surface area (Å²) < 4.78 is 5.53. The third-order valence-electron chi connectivity index (χ3n) is 3.09. The molecule has 90 valence electrons. The topological polar surface area (TPSA) is 28.4 Å². The van der Waals surface area contributed by atoms with Gasteiger partial charge in [-0.1, -0.05) is 0 Å². The first-order valence-electron chi connectivity index (χ1n) is 6.13. The van der Waals surface area contributed by atoms with Crippen LogP contribution in [0.25, 0.3) is 0 Å². The van der Waals surface area contributed by atoms with Crippen LogP contribution < -0.4 is 5.32 Å². The van der Waals surface area contributed by atoms with E-state index in [4.69, 9.17) is 4.42 Å². The van der Waals surface area contributed by atoms with E-state index in [0.717, 1.165) is 37.2 Å². The number of aryl methyl sites for hydroxylation is 2. The molecule has 0 amide bonds. The Hall–Kier alpha value is -0.800. The maximum absolute atomic E-state index is 5.53. The minimum Gasteiger partial charge on any atom is -0.466 e. The predicted molar refractivity (Wildman–Crippen MR) is 65.5 cm³/mol. The lowest BCUT2D eigenvalue weighted by molar-refractivity contribution is 0.321. The molecule has 3 heteroatoms. The molecule has 0 unspecified atom stereocenters. The molecule has 1 aromatic rings. The molecule has 2 rings (SSSR count). The third kappa shape index (κ3) is 3.35. The number of likely N-dealkylation sites (N-methyl/N-ethyl adjacent to an activating group) is 1. The van der Waals surface area contributed by atoms with Gasteiger partial charge in [0.25, 0.3) is 0 Å². The van der Waals surface area contributed by atoms with E-state index in [2.05, 4.69) is 23.3 Å². The second-order valence-electron chi connectivity index (χ2n) is 4.90. The Labute approximate surface area is 97.8 Å². The molecule has 0 aliphatic heterocycles. The van der Waals surface area contributed by atoms with Gasteiger partial charge in [0.15, 0.2) is 0 Å². The van der Waals surface area contributed by atoms with Crippen molar-refractivity contribution in [3.05, 3.63) is 23.2 Å². The average Bonchev–Trinajstić information content (AvgIpc) is 2.95. The molecule has 0 spiro atoms. The highest BCUT2D eigenvalue weighted by Crippen LogP contribution is 2.18. The standard InChI is InChI=1S/C13H22N2O/c1-10-8-12(11(2)16-10)9-15(3)7-6-14-13-4-5-13/h8,13-14H,4-7,9H2,1-3H3. The summed E-state index contributed by atoms with van der Waals surface area (Å²) in [6, 6.07) is 2.95. The molecular formula is C13H22N2O. The van der Waals surface area contributed by atoms with E-state index >= 15 is 0 Å². The van der Waals surface area contributed by atoms with Crippen molar-refractivity contribution >= 4 is 0 Å². The van der Waals surface area contributed by atoms with Crippen molar-refractivity contribution < 1.29 is 4.42 Å². The summed E-state index contributed by atoms with van der Waals surface area (Å²) in [6.07, 6.45) is 2.73. The lowest BCUT2D eigenvalue weighted by Gasteiger charge is -2.16. The molecule has 1 aromatic heterocycles. The molecular weight excluding hydrogens is 200 g/mol. The fourth-order valence-electron chi connectivity index (χ4n) is 1.96. The van der Waals surface area contributed by atoms with Crippen LogP contribution in [0.4, 0.5) is 0 Å². The van der Waals surface area contributed by atoms with Gasteiger partial charge in [-0.15, -0.1) is 0 Å². The maximum Gasteiger partial charge on any atom is 0.105 e. The lowest BCUT2D eigenvalue weighted by Crippen LogP contribution is -2.30. The Bertz CT molecular complexity index is 342. The molecule has 0 bridgehead atoms. The van der Waals surface area contributed by atoms with Crippen LogP contribution in [0.1, 0.15) is 29.9 Å². The Kier molecular flexibility index (Phi) is 3.66. The minimum absolute atomic E-state index is 0.811. The Morgan fingerprint density at radius 2 is 2.19 bits per heavy atom. The van der Waals surface area contributed by atoms with E-state index in [1.165, 1.54) is 18.4 Å². The van der Waals surface area contributed by atoms with Crippen LogP contribution in [-0.4, -0.2) is 31.1 Å². The molecule has 1 aliphatic carbocycles. The van der Waals surface area contributed by atoms with Crippen molar-refractivity contribution in [3.8, 4) is 0 Å². The van der Waals surface area contributed by atoms with Gasteiger partial charge >= 0.3 is 0 Å². The van der Waals surface area contributed by atoms with Crippen molar-refractivity contribution in [2.45, 2.75) is 39.3 Å². The molecule has 16 heavy (non-hydrogen) atoms. The number of rotatable bonds is 6. The lowest BCUT2D eigenvalue weighted by atomic mass is 10.2. The monoisotopic (exact) mass is 222 g/mol. The predicted octanol–water partition coefficient (Wildman–Crippen LogP) is 2.08. The van der Waals surface area contributed by atoms with Gasteiger partial charge in [0, 0.05) is 31.2 Å². The number of nitrogens with zero attached hydrogens (tertiary/aromatic N) is 1. The molecule has 0 atom stereocenters. The van der Waals surface area contributed by atoms with Crippen LogP contribution in [0.5, 0.6) is 0 Å². The summed E-state index contributed by atoms with van der Waals surface area (Å²) in [6.45, 7) is 7.22. The van der Waals surface area contributed by atoms with Gasteiger partial charge in [0.1, 0.15) is 11.5 Å². The van der Waals surface area contributed by atoms with Gasteiger partial charge < -0.3 is 14.6 Å². The van der Waals surface area contributed by atoms with Crippen LogP contribution in [0.2, 0.25) is 0 Å². The summed E-state index contributed by atoms with van der Waals surface area (Å²) in [4.78, 5) is 2.34. The number of nitrogens with one attached hydrogen (secondary N) is 1. The largest absolute Gasteiger partial charge is 0.466 e. The summed E-state index contributed by atoms with van der Waals surface area (Å²) in [5.74, 6) is 2.07. The highest BCUT2D eigenvalue weighted by atomic mass is 16.3. The molecule has 3 nitrogen and oxygen atoms in total. The zero-order valence-corrected chi connectivity index (χ0v) is 10.5. The van der Waals surface area contributed by atoms with Crippen molar-refractivity contribution in [3.63, 3.8) is 0 Å². The summed E-state index contributed by atoms with van der Waals surface area (Å²) in [7, 11) is 2.16. The van der Waals surface area contributed by atoms with Crippen molar-refractivity contribution in [1.82, 2.24) is 10.2 Å². The molecule has 0 aromatic carbocycles. The Morgan fingerprint density at radius 3 is 2.75 bits per heavy atom. The van der Waals surface area contributed by atoms with Crippen LogP contribution >= 0.6 is 0 Å². The number of hydrogen-bond acceptors (Lipinski definition) is 3. The third-order valence-corrected chi connectivity index (χ3v) is 3.09. The van der Waals surface area contributed by atoms with E-state index in [9.17, 15) is 0 Å². The molecule has 1 aliphatic rings. The first kappa shape index (κ1) is 11.7. The number of furan rings is 1. The first-order valence-corrected chi connectivity index (χ1v) is 6.13. The van der Waals surface area contributed by atoms with Gasteiger partial charge in [-0.2, -0.15) is 0 Å². The van der Waals surface area contributed by atoms with E-state index in [0.29, 0.717) is 0 Å². The minimum atomic E-state index is 0.811. The van der Waals surface area contributed by atoms with Gasteiger partial charge in [-0.25, -0.2) is 0 Å². The van der Waals surface area contributed by atoms with Crippen molar-refractivity contribution in [2.24, 2.45) is 0 Å². The molecule has 1 fully saturated rings. The van der Waals surface area contributed by atoms with Gasteiger partial charge in [-0.05, 0) is 39.8 Å². The molecule has 1 N–H and O–H groups in total. The van der Waals surface area contributed by atoms with E-state index in [1.807, 2.05) is 13.8 Å². The second kappa shape index (κ2) is 5.02. The van der Waals surface area contributed by atoms with Crippen LogP contribution in [-0.2, 0) is 6.54 Å². The highest BCUT2D eigenvalue weighted by Gasteiger charge is 2.19. The van der Waals surface area contributed by atoms with E-state index < -0.39 is 0 Å². The van der Waals surface area contributed by atoms with Gasteiger partial charge in [-0.3, -0.25) is 0 Å². The molecule has 0 radical (unpaired) electrons. The molecule has 1 saturated carbocycles. The van der Waals surface area contributed by atoms with Crippen LogP contribution in [0.15, 0.2) is 10.5 Å². The summed E-state index contributed by atoms with van der Waals surface area (Å²) in [5.41, 5.74) is 1.31. The first-order chi connectivity index (χ1) is 7.65. The molecule has 0 saturated heterocycles. The summed E-state index contributed by atoms with van der Waals surface area (Å²) >= 11 is 0. The zero-order chi connectivity index (χ0) is 11.5. The smallest absolute Gasteiger partial charge is 0.105 e. The summed E-state index contributed by atoms with van der Waals surface area (Å²) in [5, 5.41) is 3.53. The fourth-order valence-corrected chi connectivity index (χ4v) is 1.96. The second-order valence-corrected chi connectivity index (χ2v) is 4.90. The van der Waals surface area contributed by atoms with Crippen LogP contribution in [0, 0.1) is 13.8 Å². The Morgan fingerprint density at radius 1 is 1.44 bits per heavy atom. The maximum atomic E-state index is 5.53. The van der Waals surface area contributed by atoms with Crippen LogP contribution in [0.3, 0.4) is 0 Å². The normalized spacial score (nSPS) is 16.0. The fraction of sp³-hybridized carbons (Fsp3) is 0.692. The quantitative estimate of drug-likeness (QED) is 0.799. The van der Waals surface area contributed by atoms with E-state index in [-0.39, 0.29) is 0 Å². The van der Waals surface area contributed by atoms with Crippen molar-refractivity contribution in [2.75, 3.05) is 20.1 Å². The number of hydrogen-bond donors (Lipinski definition) is 1. The van der Waals surface area contributed by atoms with E-state index in [1.54, 1.807) is 0 Å². The Balaban J connectivity index is 1.72. The molecule has 1 heterocycles. The van der Waals surface area contributed by atoms with Crippen molar-refractivity contribution in [1.29, 1.82) is 0 Å². The highest BCUT2D eigenvalue weighted by molar-refractivity contribution is 5.19. The SMILES string of the molecule is Cc1cc(CN(C)CCNC2CC2)c(C)o1. The average molecular weight is 222 g/mol.